The maximum absolute atomic E-state index is 11.7. The van der Waals surface area contributed by atoms with Gasteiger partial charge in [0.15, 0.2) is 0 Å². The monoisotopic (exact) mass is 476 g/mol. The molecule has 1 aliphatic rings. The fourth-order valence-corrected chi connectivity index (χ4v) is 5.22. The van der Waals surface area contributed by atoms with Crippen molar-refractivity contribution in [3.63, 3.8) is 0 Å². The number of amides is 2. The van der Waals surface area contributed by atoms with Crippen molar-refractivity contribution in [2.45, 2.75) is 28.2 Å². The highest BCUT2D eigenvalue weighted by Gasteiger charge is 2.31. The van der Waals surface area contributed by atoms with Crippen molar-refractivity contribution >= 4 is 45.7 Å². The SMILES string of the molecule is Cn1c(COc2ccc(CC3SC(=O)NC3=O)cc2)nc2ccc(Sc3ccccn3)cc21. The van der Waals surface area contributed by atoms with Crippen molar-refractivity contribution < 1.29 is 14.3 Å². The number of carbonyl (C=O) groups is 2. The van der Waals surface area contributed by atoms with Gasteiger partial charge in [0, 0.05) is 18.1 Å². The molecule has 1 aliphatic heterocycles. The van der Waals surface area contributed by atoms with Crippen molar-refractivity contribution in [1.29, 1.82) is 0 Å². The van der Waals surface area contributed by atoms with Gasteiger partial charge >= 0.3 is 0 Å². The van der Waals surface area contributed by atoms with Crippen LogP contribution < -0.4 is 10.1 Å². The van der Waals surface area contributed by atoms with Crippen LogP contribution in [0.4, 0.5) is 4.79 Å². The first kappa shape index (κ1) is 21.5. The number of rotatable bonds is 7. The van der Waals surface area contributed by atoms with Crippen LogP contribution in [-0.2, 0) is 24.9 Å². The lowest BCUT2D eigenvalue weighted by atomic mass is 10.1. The van der Waals surface area contributed by atoms with Crippen LogP contribution in [-0.4, -0.2) is 30.9 Å². The lowest BCUT2D eigenvalue weighted by Gasteiger charge is -2.09. The molecule has 4 aromatic rings. The average molecular weight is 477 g/mol. The summed E-state index contributed by atoms with van der Waals surface area (Å²) in [5.41, 5.74) is 2.93. The molecule has 1 atom stereocenters. The predicted octanol–water partition coefficient (Wildman–Crippen LogP) is 4.59. The molecule has 166 valence electrons. The normalized spacial score (nSPS) is 15.7. The van der Waals surface area contributed by atoms with E-state index in [1.54, 1.807) is 18.0 Å². The molecule has 5 rings (SSSR count). The molecule has 7 nitrogen and oxygen atoms in total. The number of hydrogen-bond acceptors (Lipinski definition) is 7. The van der Waals surface area contributed by atoms with Gasteiger partial charge in [-0.25, -0.2) is 9.97 Å². The van der Waals surface area contributed by atoms with E-state index in [9.17, 15) is 9.59 Å². The summed E-state index contributed by atoms with van der Waals surface area (Å²) in [4.78, 5) is 33.2. The van der Waals surface area contributed by atoms with Crippen molar-refractivity contribution in [2.24, 2.45) is 7.05 Å². The van der Waals surface area contributed by atoms with Crippen LogP contribution in [0.15, 0.2) is 76.8 Å². The van der Waals surface area contributed by atoms with Crippen molar-refractivity contribution in [3.05, 3.63) is 78.2 Å². The summed E-state index contributed by atoms with van der Waals surface area (Å²) in [6.07, 6.45) is 2.30. The molecular weight excluding hydrogens is 456 g/mol. The molecule has 33 heavy (non-hydrogen) atoms. The number of nitrogens with zero attached hydrogens (tertiary/aromatic N) is 3. The summed E-state index contributed by atoms with van der Waals surface area (Å²) in [5.74, 6) is 1.32. The number of aromatic nitrogens is 3. The van der Waals surface area contributed by atoms with Gasteiger partial charge in [-0.1, -0.05) is 41.7 Å². The quantitative estimate of drug-likeness (QED) is 0.417. The Kier molecular flexibility index (Phi) is 6.06. The molecule has 2 aromatic heterocycles. The summed E-state index contributed by atoms with van der Waals surface area (Å²) in [7, 11) is 1.98. The van der Waals surface area contributed by atoms with Gasteiger partial charge in [0.1, 0.15) is 23.2 Å². The standard InChI is InChI=1S/C24H20N4O3S2/c1-28-19-13-17(32-22-4-2-3-11-25-22)9-10-18(19)26-21(28)14-31-16-7-5-15(6-8-16)12-20-23(29)27-24(30)33-20/h2-11,13,20H,12,14H2,1H3,(H,27,29,30). The Labute approximate surface area is 199 Å². The summed E-state index contributed by atoms with van der Waals surface area (Å²) < 4.78 is 8.00. The molecule has 0 aliphatic carbocycles. The van der Waals surface area contributed by atoms with E-state index in [4.69, 9.17) is 9.72 Å². The maximum Gasteiger partial charge on any atom is 0.286 e. The summed E-state index contributed by atoms with van der Waals surface area (Å²) in [6.45, 7) is 0.336. The molecule has 1 fully saturated rings. The molecule has 0 radical (unpaired) electrons. The van der Waals surface area contributed by atoms with E-state index >= 15 is 0 Å². The summed E-state index contributed by atoms with van der Waals surface area (Å²) >= 11 is 2.65. The Hall–Kier alpha value is -3.30. The van der Waals surface area contributed by atoms with Crippen LogP contribution in [0.2, 0.25) is 0 Å². The van der Waals surface area contributed by atoms with Crippen molar-refractivity contribution in [2.75, 3.05) is 0 Å². The zero-order chi connectivity index (χ0) is 22.8. The number of carbonyl (C=O) groups excluding carboxylic acids is 2. The smallest absolute Gasteiger partial charge is 0.286 e. The van der Waals surface area contributed by atoms with Crippen molar-refractivity contribution in [1.82, 2.24) is 19.9 Å². The molecule has 3 heterocycles. The lowest BCUT2D eigenvalue weighted by Crippen LogP contribution is -2.25. The van der Waals surface area contributed by atoms with Gasteiger partial charge in [0.2, 0.25) is 5.91 Å². The molecule has 9 heteroatoms. The van der Waals surface area contributed by atoms with E-state index in [0.29, 0.717) is 13.0 Å². The maximum atomic E-state index is 11.7. The van der Waals surface area contributed by atoms with E-state index in [0.717, 1.165) is 49.9 Å². The third-order valence-corrected chi connectivity index (χ3v) is 7.21. The first-order chi connectivity index (χ1) is 16.0. The van der Waals surface area contributed by atoms with Gasteiger partial charge in [-0.05, 0) is 54.4 Å². The van der Waals surface area contributed by atoms with E-state index in [-0.39, 0.29) is 16.4 Å². The summed E-state index contributed by atoms with van der Waals surface area (Å²) in [6, 6.07) is 19.6. The van der Waals surface area contributed by atoms with Crippen LogP contribution in [0.3, 0.4) is 0 Å². The molecule has 2 amide bonds. The number of hydrogen-bond donors (Lipinski definition) is 1. The third kappa shape index (κ3) is 4.89. The van der Waals surface area contributed by atoms with Gasteiger partial charge in [-0.2, -0.15) is 0 Å². The highest BCUT2D eigenvalue weighted by Crippen LogP contribution is 2.29. The largest absolute Gasteiger partial charge is 0.486 e. The number of aryl methyl sites for hydroxylation is 1. The molecule has 0 saturated carbocycles. The molecule has 1 N–H and O–H groups in total. The van der Waals surface area contributed by atoms with Gasteiger partial charge < -0.3 is 9.30 Å². The number of imidazole rings is 1. The summed E-state index contributed by atoms with van der Waals surface area (Å²) in [5, 5.41) is 2.61. The molecule has 0 spiro atoms. The highest BCUT2D eigenvalue weighted by atomic mass is 32.2. The number of nitrogens with one attached hydrogen (secondary N) is 1. The second-order valence-electron chi connectivity index (χ2n) is 7.53. The van der Waals surface area contributed by atoms with Gasteiger partial charge in [-0.15, -0.1) is 0 Å². The Balaban J connectivity index is 1.24. The van der Waals surface area contributed by atoms with Crippen LogP contribution in [0.25, 0.3) is 11.0 Å². The number of thioether (sulfide) groups is 1. The Morgan fingerprint density at radius 1 is 1.12 bits per heavy atom. The first-order valence-electron chi connectivity index (χ1n) is 10.3. The van der Waals surface area contributed by atoms with Gasteiger partial charge in [0.25, 0.3) is 5.24 Å². The van der Waals surface area contributed by atoms with Gasteiger partial charge in [0.05, 0.1) is 16.3 Å². The minimum absolute atomic E-state index is 0.228. The fraction of sp³-hybridized carbons (Fsp3) is 0.167. The second-order valence-corrected chi connectivity index (χ2v) is 9.80. The minimum Gasteiger partial charge on any atom is -0.486 e. The number of imide groups is 1. The van der Waals surface area contributed by atoms with Crippen LogP contribution in [0, 0.1) is 0 Å². The van der Waals surface area contributed by atoms with Crippen LogP contribution in [0.5, 0.6) is 5.75 Å². The van der Waals surface area contributed by atoms with E-state index in [1.807, 2.05) is 60.1 Å². The van der Waals surface area contributed by atoms with E-state index in [1.165, 1.54) is 0 Å². The number of benzene rings is 2. The minimum atomic E-state index is -0.370. The zero-order valence-electron chi connectivity index (χ0n) is 17.7. The topological polar surface area (TPSA) is 86.1 Å². The van der Waals surface area contributed by atoms with Crippen LogP contribution >= 0.6 is 23.5 Å². The molecule has 1 saturated heterocycles. The zero-order valence-corrected chi connectivity index (χ0v) is 19.4. The van der Waals surface area contributed by atoms with Crippen LogP contribution in [0.1, 0.15) is 11.4 Å². The Morgan fingerprint density at radius 3 is 2.70 bits per heavy atom. The molecule has 2 aromatic carbocycles. The Morgan fingerprint density at radius 2 is 1.97 bits per heavy atom. The fourth-order valence-electron chi connectivity index (χ4n) is 3.55. The Bertz CT molecular complexity index is 1320. The number of pyridine rings is 1. The lowest BCUT2D eigenvalue weighted by molar-refractivity contribution is -0.118. The second kappa shape index (κ2) is 9.29. The predicted molar refractivity (Wildman–Crippen MR) is 128 cm³/mol. The van der Waals surface area contributed by atoms with E-state index < -0.39 is 0 Å². The molecular formula is C24H20N4O3S2. The third-order valence-electron chi connectivity index (χ3n) is 5.28. The molecule has 1 unspecified atom stereocenters. The number of ether oxygens (including phenoxy) is 1. The van der Waals surface area contributed by atoms with E-state index in [2.05, 4.69) is 22.4 Å². The first-order valence-corrected chi connectivity index (χ1v) is 12.0. The number of fused-ring (bicyclic) bond motifs is 1. The molecule has 0 bridgehead atoms. The van der Waals surface area contributed by atoms with Gasteiger partial charge in [-0.3, -0.25) is 14.9 Å². The van der Waals surface area contributed by atoms with Crippen molar-refractivity contribution in [3.8, 4) is 5.75 Å². The highest BCUT2D eigenvalue weighted by molar-refractivity contribution is 8.15. The average Bonchev–Trinajstić information content (AvgIpc) is 3.31.